The third-order valence-corrected chi connectivity index (χ3v) is 9.58. The van der Waals surface area contributed by atoms with Gasteiger partial charge in [-0.2, -0.15) is 5.10 Å². The first-order valence-corrected chi connectivity index (χ1v) is 17.3. The van der Waals surface area contributed by atoms with Crippen LogP contribution in [0.2, 0.25) is 5.02 Å². The van der Waals surface area contributed by atoms with Crippen molar-refractivity contribution in [2.45, 2.75) is 83.4 Å². The van der Waals surface area contributed by atoms with Crippen LogP contribution in [0.5, 0.6) is 11.6 Å². The van der Waals surface area contributed by atoms with E-state index < -0.39 is 0 Å². The molecule has 0 radical (unpaired) electrons. The number of aromatic nitrogens is 7. The second kappa shape index (κ2) is 14.8. The van der Waals surface area contributed by atoms with Crippen LogP contribution in [0.3, 0.4) is 0 Å². The Kier molecular flexibility index (Phi) is 10.1. The molecule has 48 heavy (non-hydrogen) atoms. The van der Waals surface area contributed by atoms with Crippen molar-refractivity contribution in [3.63, 3.8) is 0 Å². The van der Waals surface area contributed by atoms with Gasteiger partial charge in [0, 0.05) is 43.0 Å². The highest BCUT2D eigenvalue weighted by Crippen LogP contribution is 2.36. The highest BCUT2D eigenvalue weighted by molar-refractivity contribution is 6.32. The molecule has 0 bridgehead atoms. The summed E-state index contributed by atoms with van der Waals surface area (Å²) < 4.78 is 27.5. The summed E-state index contributed by atoms with van der Waals surface area (Å²) in [6.45, 7) is 10.9. The Morgan fingerprint density at radius 2 is 1.77 bits per heavy atom. The van der Waals surface area contributed by atoms with Gasteiger partial charge in [0.2, 0.25) is 5.95 Å². The largest absolute Gasteiger partial charge is 0.487 e. The number of nitrogens with zero attached hydrogens (tertiary/aromatic N) is 8. The quantitative estimate of drug-likeness (QED) is 0.207. The lowest BCUT2D eigenvalue weighted by atomic mass is 9.89. The van der Waals surface area contributed by atoms with Crippen molar-refractivity contribution in [2.24, 2.45) is 5.92 Å². The summed E-state index contributed by atoms with van der Waals surface area (Å²) in [6, 6.07) is 6.56. The molecule has 1 aromatic carbocycles. The van der Waals surface area contributed by atoms with E-state index in [1.807, 2.05) is 31.3 Å². The maximum Gasteiger partial charge on any atom is 0.256 e. The van der Waals surface area contributed by atoms with Gasteiger partial charge in [-0.1, -0.05) is 17.7 Å². The molecule has 7 rings (SSSR count). The number of nitrogens with one attached hydrogen (secondary N) is 1. The maximum atomic E-state index is 6.47. The second-order valence-electron chi connectivity index (χ2n) is 13.3. The van der Waals surface area contributed by atoms with Gasteiger partial charge < -0.3 is 24.3 Å². The van der Waals surface area contributed by atoms with Crippen molar-refractivity contribution in [1.29, 1.82) is 0 Å². The molecule has 5 heterocycles. The van der Waals surface area contributed by atoms with Crippen LogP contribution in [0, 0.1) is 5.92 Å². The molecule has 3 atom stereocenters. The number of hydrogen-bond donors (Lipinski definition) is 1. The molecule has 13 nitrogen and oxygen atoms in total. The summed E-state index contributed by atoms with van der Waals surface area (Å²) in [5.41, 5.74) is 2.48. The predicted molar refractivity (Wildman–Crippen MR) is 181 cm³/mol. The molecule has 3 aromatic heterocycles. The lowest BCUT2D eigenvalue weighted by Crippen LogP contribution is -2.51. The molecular formula is C34H44ClN9O4. The monoisotopic (exact) mass is 677 g/mol. The van der Waals surface area contributed by atoms with Crippen LogP contribution < -0.4 is 14.8 Å². The minimum Gasteiger partial charge on any atom is -0.487 e. The minimum atomic E-state index is -0.163. The number of benzene rings is 1. The number of hydrogen-bond acceptors (Lipinski definition) is 11. The van der Waals surface area contributed by atoms with Crippen molar-refractivity contribution in [1.82, 2.24) is 39.4 Å². The Morgan fingerprint density at radius 1 is 1.02 bits per heavy atom. The second-order valence-corrected chi connectivity index (χ2v) is 13.7. The van der Waals surface area contributed by atoms with Crippen molar-refractivity contribution in [3.05, 3.63) is 54.5 Å². The fraction of sp³-hybridized carbons (Fsp3) is 0.559. The van der Waals surface area contributed by atoms with Crippen LogP contribution in [-0.4, -0.2) is 96.7 Å². The maximum absolute atomic E-state index is 6.47. The van der Waals surface area contributed by atoms with Crippen LogP contribution >= 0.6 is 11.6 Å². The summed E-state index contributed by atoms with van der Waals surface area (Å²) in [7, 11) is 0. The SMILES string of the molecule is CC(Cn1cncn1)Oc1cc(-c2cnc(Nc3cn(C4CCC(N5C[C@@H](C)O[C@@H](C)C5)CC4)nc3OCC3COC3)nc2)ccc1Cl. The third kappa shape index (κ3) is 7.91. The van der Waals surface area contributed by atoms with E-state index in [2.05, 4.69) is 48.8 Å². The van der Waals surface area contributed by atoms with Crippen LogP contribution in [0.25, 0.3) is 11.1 Å². The van der Waals surface area contributed by atoms with Gasteiger partial charge >= 0.3 is 0 Å². The lowest BCUT2D eigenvalue weighted by Gasteiger charge is -2.42. The number of morpholine rings is 1. The van der Waals surface area contributed by atoms with E-state index in [1.165, 1.54) is 6.33 Å². The Balaban J connectivity index is 1.01. The fourth-order valence-electron chi connectivity index (χ4n) is 6.82. The van der Waals surface area contributed by atoms with Crippen molar-refractivity contribution in [3.8, 4) is 22.8 Å². The number of rotatable bonds is 12. The van der Waals surface area contributed by atoms with E-state index in [1.54, 1.807) is 23.4 Å². The van der Waals surface area contributed by atoms with Crippen LogP contribution in [-0.2, 0) is 16.0 Å². The molecule has 3 aliphatic rings. The van der Waals surface area contributed by atoms with Gasteiger partial charge in [-0.15, -0.1) is 5.10 Å². The van der Waals surface area contributed by atoms with Crippen LogP contribution in [0.15, 0.2) is 49.4 Å². The van der Waals surface area contributed by atoms with Crippen LogP contribution in [0.1, 0.15) is 52.5 Å². The van der Waals surface area contributed by atoms with E-state index in [4.69, 9.17) is 35.6 Å². The first-order valence-electron chi connectivity index (χ1n) is 16.9. The molecule has 0 amide bonds. The van der Waals surface area contributed by atoms with E-state index in [-0.39, 0.29) is 18.3 Å². The molecular weight excluding hydrogens is 634 g/mol. The highest BCUT2D eigenvalue weighted by Gasteiger charge is 2.32. The normalized spacial score (nSPS) is 24.2. The Bertz CT molecular complexity index is 1610. The molecule has 3 fully saturated rings. The van der Waals surface area contributed by atoms with E-state index in [0.29, 0.717) is 53.8 Å². The Labute approximate surface area is 285 Å². The average molecular weight is 678 g/mol. The van der Waals surface area contributed by atoms with Gasteiger partial charge in [0.1, 0.15) is 30.2 Å². The molecule has 0 spiro atoms. The van der Waals surface area contributed by atoms with Gasteiger partial charge in [0.15, 0.2) is 0 Å². The first kappa shape index (κ1) is 32.8. The number of anilines is 2. The smallest absolute Gasteiger partial charge is 0.256 e. The number of halogens is 1. The summed E-state index contributed by atoms with van der Waals surface area (Å²) in [6.07, 6.45) is 13.6. The summed E-state index contributed by atoms with van der Waals surface area (Å²) in [4.78, 5) is 15.9. The standard InChI is InChI=1S/C34H44ClN9O4/c1-22-13-42(14-23(2)47-22)28-5-7-29(8-6-28)44-16-31(33(41-44)46-19-25-17-45-18-25)40-34-37-11-27(12-38-34)26-4-9-30(35)32(10-26)48-24(3)15-43-21-36-20-39-43/h4,9-12,16,20-25,28-29H,5-8,13-15,17-19H2,1-3H3,(H,37,38,40)/t22-,23+,24?,28?,29?. The molecule has 1 N–H and O–H groups in total. The minimum absolute atomic E-state index is 0.163. The molecule has 1 aliphatic carbocycles. The average Bonchev–Trinajstić information content (AvgIpc) is 3.71. The topological polar surface area (TPSA) is 126 Å². The van der Waals surface area contributed by atoms with Crippen molar-refractivity contribution >= 4 is 23.2 Å². The first-order chi connectivity index (χ1) is 23.4. The van der Waals surface area contributed by atoms with E-state index >= 15 is 0 Å². The van der Waals surface area contributed by atoms with E-state index in [0.717, 1.165) is 68.8 Å². The molecule has 1 unspecified atom stereocenters. The molecule has 14 heteroatoms. The van der Waals surface area contributed by atoms with E-state index in [9.17, 15) is 0 Å². The molecule has 4 aromatic rings. The fourth-order valence-corrected chi connectivity index (χ4v) is 6.98. The van der Waals surface area contributed by atoms with Crippen molar-refractivity contribution < 1.29 is 18.9 Å². The van der Waals surface area contributed by atoms with Crippen molar-refractivity contribution in [2.75, 3.05) is 38.2 Å². The lowest BCUT2D eigenvalue weighted by molar-refractivity contribution is -0.0852. The molecule has 256 valence electrons. The van der Waals surface area contributed by atoms with Gasteiger partial charge in [0.25, 0.3) is 5.88 Å². The van der Waals surface area contributed by atoms with Gasteiger partial charge in [-0.05, 0) is 64.2 Å². The summed E-state index contributed by atoms with van der Waals surface area (Å²) >= 11 is 6.47. The van der Waals surface area contributed by atoms with Gasteiger partial charge in [-0.25, -0.2) is 19.6 Å². The van der Waals surface area contributed by atoms with Gasteiger partial charge in [0.05, 0.1) is 55.8 Å². The number of ether oxygens (including phenoxy) is 4. The Morgan fingerprint density at radius 3 is 2.46 bits per heavy atom. The zero-order chi connectivity index (χ0) is 33.0. The molecule has 2 saturated heterocycles. The zero-order valence-corrected chi connectivity index (χ0v) is 28.5. The summed E-state index contributed by atoms with van der Waals surface area (Å²) in [5, 5.41) is 13.0. The zero-order valence-electron chi connectivity index (χ0n) is 27.7. The summed E-state index contributed by atoms with van der Waals surface area (Å²) in [5.74, 6) is 1.98. The van der Waals surface area contributed by atoms with Crippen LogP contribution in [0.4, 0.5) is 11.6 Å². The Hall–Kier alpha value is -3.78. The van der Waals surface area contributed by atoms with Gasteiger partial charge in [-0.3, -0.25) is 9.58 Å². The molecule has 2 aliphatic heterocycles. The third-order valence-electron chi connectivity index (χ3n) is 9.27. The highest BCUT2D eigenvalue weighted by atomic mass is 35.5. The molecule has 1 saturated carbocycles. The predicted octanol–water partition coefficient (Wildman–Crippen LogP) is 5.41.